The van der Waals surface area contributed by atoms with Gasteiger partial charge in [-0.3, -0.25) is 0 Å². The van der Waals surface area contributed by atoms with Crippen molar-refractivity contribution in [1.82, 2.24) is 5.32 Å². The maximum Gasteiger partial charge on any atom is 0.0551 e. The minimum absolute atomic E-state index is 0.0397. The van der Waals surface area contributed by atoms with Crippen LogP contribution in [0.25, 0.3) is 54.6 Å². The van der Waals surface area contributed by atoms with Crippen LogP contribution in [-0.2, 0) is 5.41 Å². The van der Waals surface area contributed by atoms with Crippen LogP contribution >= 0.6 is 0 Å². The van der Waals surface area contributed by atoms with E-state index in [-0.39, 0.29) is 29.3 Å². The van der Waals surface area contributed by atoms with Crippen molar-refractivity contribution in [2.24, 2.45) is 0 Å². The summed E-state index contributed by atoms with van der Waals surface area (Å²) in [6.45, 7) is 4.70. The van der Waals surface area contributed by atoms with Crippen LogP contribution in [0.15, 0.2) is 230 Å². The Balaban J connectivity index is 0.789. The molecule has 0 saturated carbocycles. The lowest BCUT2D eigenvalue weighted by Crippen LogP contribution is -2.33. The molecule has 0 amide bonds. The summed E-state index contributed by atoms with van der Waals surface area (Å²) >= 11 is 0. The van der Waals surface area contributed by atoms with Crippen LogP contribution in [0.2, 0.25) is 0 Å². The van der Waals surface area contributed by atoms with Crippen molar-refractivity contribution < 1.29 is 0 Å². The number of fused-ring (bicyclic) bond motifs is 8. The van der Waals surface area contributed by atoms with E-state index in [1.165, 1.54) is 88.1 Å². The zero-order valence-electron chi connectivity index (χ0n) is 37.0. The quantitative estimate of drug-likeness (QED) is 0.149. The van der Waals surface area contributed by atoms with E-state index in [4.69, 9.17) is 0 Å². The van der Waals surface area contributed by atoms with Crippen LogP contribution < -0.4 is 10.6 Å². The predicted octanol–water partition coefficient (Wildman–Crippen LogP) is 15.6. The molecule has 0 spiro atoms. The van der Waals surface area contributed by atoms with E-state index >= 15 is 0 Å². The zero-order chi connectivity index (χ0) is 43.5. The molecule has 0 aromatic heterocycles. The molecule has 0 bridgehead atoms. The van der Waals surface area contributed by atoms with Crippen LogP contribution in [0.3, 0.4) is 0 Å². The molecule has 0 heterocycles. The van der Waals surface area contributed by atoms with Crippen molar-refractivity contribution in [1.29, 1.82) is 0 Å². The van der Waals surface area contributed by atoms with Gasteiger partial charge in [0, 0.05) is 34.6 Å². The first kappa shape index (κ1) is 39.2. The molecule has 314 valence electrons. The number of nitrogens with one attached hydrogen (secondary N) is 2. The fraction of sp³-hybridized carbons (Fsp3) is 0.143. The lowest BCUT2D eigenvalue weighted by atomic mass is 9.81. The van der Waals surface area contributed by atoms with E-state index < -0.39 is 0 Å². The lowest BCUT2D eigenvalue weighted by Gasteiger charge is -2.30. The molecule has 2 N–H and O–H groups in total. The first-order chi connectivity index (χ1) is 32.0. The second kappa shape index (κ2) is 16.0. The second-order valence-corrected chi connectivity index (χ2v) is 18.8. The Morgan fingerprint density at radius 3 is 2.00 bits per heavy atom. The molecule has 5 atom stereocenters. The highest BCUT2D eigenvalue weighted by atomic mass is 14.9. The Hall–Kier alpha value is -7.42. The number of allylic oxidation sites excluding steroid dienone is 7. The van der Waals surface area contributed by atoms with Crippen LogP contribution in [0.5, 0.6) is 0 Å². The van der Waals surface area contributed by atoms with Gasteiger partial charge < -0.3 is 10.6 Å². The van der Waals surface area contributed by atoms with Crippen LogP contribution in [0, 0.1) is 0 Å². The third-order valence-corrected chi connectivity index (χ3v) is 14.7. The smallest absolute Gasteiger partial charge is 0.0551 e. The summed E-state index contributed by atoms with van der Waals surface area (Å²) in [6, 6.07) is 59.0. The average molecular weight is 837 g/mol. The van der Waals surface area contributed by atoms with E-state index in [9.17, 15) is 0 Å². The summed E-state index contributed by atoms with van der Waals surface area (Å²) in [7, 11) is 0. The van der Waals surface area contributed by atoms with Crippen LogP contribution in [-0.4, -0.2) is 12.1 Å². The molecule has 65 heavy (non-hydrogen) atoms. The van der Waals surface area contributed by atoms with Gasteiger partial charge >= 0.3 is 0 Å². The summed E-state index contributed by atoms with van der Waals surface area (Å²) < 4.78 is 0. The highest BCUT2D eigenvalue weighted by Gasteiger charge is 2.35. The number of benzene rings is 8. The Bertz CT molecular complexity index is 3370. The molecular formula is C63H52N2. The predicted molar refractivity (Wildman–Crippen MR) is 276 cm³/mol. The Labute approximate surface area is 382 Å². The van der Waals surface area contributed by atoms with Crippen LogP contribution in [0.1, 0.15) is 65.8 Å². The van der Waals surface area contributed by atoms with Gasteiger partial charge in [0.1, 0.15) is 0 Å². The normalized spacial score (nSPS) is 21.4. The highest BCUT2D eigenvalue weighted by Crippen LogP contribution is 2.50. The molecule has 8 aromatic rings. The van der Waals surface area contributed by atoms with E-state index in [1.54, 1.807) is 0 Å². The number of anilines is 1. The van der Waals surface area contributed by atoms with E-state index in [0.29, 0.717) is 5.92 Å². The minimum Gasteiger partial charge on any atom is -0.378 e. The Morgan fingerprint density at radius 2 is 1.17 bits per heavy atom. The van der Waals surface area contributed by atoms with Gasteiger partial charge in [0.05, 0.1) is 12.1 Å². The molecule has 2 nitrogen and oxygen atoms in total. The molecule has 12 rings (SSSR count). The van der Waals surface area contributed by atoms with Gasteiger partial charge in [0.25, 0.3) is 0 Å². The summed E-state index contributed by atoms with van der Waals surface area (Å²) in [4.78, 5) is 0. The van der Waals surface area contributed by atoms with Gasteiger partial charge in [-0.2, -0.15) is 0 Å². The molecular weight excluding hydrogens is 785 g/mol. The van der Waals surface area contributed by atoms with Gasteiger partial charge in [-0.1, -0.05) is 214 Å². The Kier molecular flexibility index (Phi) is 9.64. The molecule has 0 saturated heterocycles. The zero-order valence-corrected chi connectivity index (χ0v) is 37.0. The van der Waals surface area contributed by atoms with Gasteiger partial charge in [-0.05, 0) is 113 Å². The molecule has 5 unspecified atom stereocenters. The Morgan fingerprint density at radius 1 is 0.477 bits per heavy atom. The monoisotopic (exact) mass is 836 g/mol. The van der Waals surface area contributed by atoms with Crippen LogP contribution in [0.4, 0.5) is 5.69 Å². The number of rotatable bonds is 8. The summed E-state index contributed by atoms with van der Waals surface area (Å²) in [5.41, 5.74) is 14.4. The van der Waals surface area contributed by atoms with Gasteiger partial charge in [0.15, 0.2) is 0 Å². The molecule has 0 fully saturated rings. The maximum atomic E-state index is 3.98. The van der Waals surface area contributed by atoms with Crippen molar-refractivity contribution in [2.75, 3.05) is 5.32 Å². The van der Waals surface area contributed by atoms with E-state index in [0.717, 1.165) is 12.1 Å². The summed E-state index contributed by atoms with van der Waals surface area (Å²) in [6.07, 6.45) is 26.2. The first-order valence-corrected chi connectivity index (χ1v) is 23.4. The third-order valence-electron chi connectivity index (χ3n) is 14.7. The van der Waals surface area contributed by atoms with Crippen molar-refractivity contribution in [3.05, 3.63) is 258 Å². The fourth-order valence-electron chi connectivity index (χ4n) is 11.4. The van der Waals surface area contributed by atoms with Gasteiger partial charge in [0.2, 0.25) is 0 Å². The molecule has 4 aliphatic carbocycles. The van der Waals surface area contributed by atoms with Crippen molar-refractivity contribution in [2.45, 2.75) is 55.5 Å². The van der Waals surface area contributed by atoms with Gasteiger partial charge in [-0.15, -0.1) is 0 Å². The molecule has 8 aromatic carbocycles. The molecule has 2 heteroatoms. The lowest BCUT2D eigenvalue weighted by molar-refractivity contribution is 0.610. The minimum atomic E-state index is -0.0397. The molecule has 0 radical (unpaired) electrons. The standard InChI is InChI=1S/C63H52N2/c1-63(2)58-27-12-9-24-52(58)53-37-35-47(40-59(53)63)65-60-28-13-10-25-54(60)51-23-8-7-20-48(51)44-19-15-18-43(38-44)41-30-33-46(34-31-41)64-61-29-14-11-26-55(61)57-39-45-17-4-5-21-49(45)56-36-32-42-16-3-6-22-50(42)62(56)57/h3-30,32-41,54-55,60-61,64-65H,31H2,1-2H3. The van der Waals surface area contributed by atoms with Gasteiger partial charge in [-0.25, -0.2) is 0 Å². The molecule has 4 aliphatic rings. The number of hydrogen-bond donors (Lipinski definition) is 2. The third kappa shape index (κ3) is 6.87. The highest BCUT2D eigenvalue weighted by molar-refractivity contribution is 6.19. The van der Waals surface area contributed by atoms with Crippen molar-refractivity contribution >= 4 is 38.0 Å². The topological polar surface area (TPSA) is 24.1 Å². The number of hydrogen-bond acceptors (Lipinski definition) is 2. The fourth-order valence-corrected chi connectivity index (χ4v) is 11.4. The summed E-state index contributed by atoms with van der Waals surface area (Å²) in [5, 5.41) is 15.8. The largest absolute Gasteiger partial charge is 0.378 e. The van der Waals surface area contributed by atoms with Crippen molar-refractivity contribution in [3.63, 3.8) is 0 Å². The van der Waals surface area contributed by atoms with E-state index in [1.807, 2.05) is 0 Å². The first-order valence-electron chi connectivity index (χ1n) is 23.4. The average Bonchev–Trinajstić information content (AvgIpc) is 3.59. The molecule has 0 aliphatic heterocycles. The van der Waals surface area contributed by atoms with E-state index in [2.05, 4.69) is 249 Å². The SMILES string of the molecule is CC1(C)c2ccccc2-c2ccc(NC3C=CC=CC3c3ccccc3-c3cccc(C4C=CC(NC5C=CC=CC5c5cc6ccccc6c6ccc7ccccc7c56)=CC4)c3)cc21. The second-order valence-electron chi connectivity index (χ2n) is 18.8. The summed E-state index contributed by atoms with van der Waals surface area (Å²) in [5.74, 6) is 0.635. The maximum absolute atomic E-state index is 3.98. The van der Waals surface area contributed by atoms with Crippen molar-refractivity contribution in [3.8, 4) is 22.3 Å².